The van der Waals surface area contributed by atoms with E-state index in [1.165, 1.54) is 12.1 Å². The summed E-state index contributed by atoms with van der Waals surface area (Å²) >= 11 is 0.330. The molecule has 110 valence electrons. The van der Waals surface area contributed by atoms with Crippen molar-refractivity contribution in [3.63, 3.8) is 0 Å². The van der Waals surface area contributed by atoms with Crippen molar-refractivity contribution in [2.75, 3.05) is 5.32 Å². The van der Waals surface area contributed by atoms with E-state index < -0.39 is 11.7 Å². The molecule has 0 aliphatic rings. The van der Waals surface area contributed by atoms with Gasteiger partial charge in [0.05, 0.1) is 12.2 Å². The zero-order valence-corrected chi connectivity index (χ0v) is 11.7. The van der Waals surface area contributed by atoms with Crippen molar-refractivity contribution < 1.29 is 18.7 Å². The van der Waals surface area contributed by atoms with Crippen LogP contribution in [0.5, 0.6) is 0 Å². The first-order valence-corrected chi connectivity index (χ1v) is 7.03. The highest BCUT2D eigenvalue weighted by Gasteiger charge is 2.16. The van der Waals surface area contributed by atoms with Gasteiger partial charge in [0, 0.05) is 16.1 Å². The molecule has 0 spiro atoms. The van der Waals surface area contributed by atoms with E-state index in [0.717, 1.165) is 0 Å². The summed E-state index contributed by atoms with van der Waals surface area (Å²) < 4.78 is 25.0. The number of benzene rings is 2. The van der Waals surface area contributed by atoms with E-state index in [2.05, 4.69) is 5.32 Å². The lowest BCUT2D eigenvalue weighted by atomic mass is 10.1. The number of hydrogen-bond donors (Lipinski definition) is 2. The average Bonchev–Trinajstić information content (AvgIpc) is 2.47. The molecule has 0 bridgehead atoms. The lowest BCUT2D eigenvalue weighted by molar-refractivity contribution is 0.102. The van der Waals surface area contributed by atoms with Crippen LogP contribution in [0.15, 0.2) is 53.4 Å². The fourth-order valence-corrected chi connectivity index (χ4v) is 2.46. The molecule has 0 aromatic heterocycles. The minimum atomic E-state index is -2.59. The number of carbonyl (C=O) groups is 1. The van der Waals surface area contributed by atoms with E-state index in [9.17, 15) is 18.7 Å². The van der Waals surface area contributed by atoms with Gasteiger partial charge in [0.2, 0.25) is 0 Å². The second-order valence-electron chi connectivity index (χ2n) is 4.14. The predicted molar refractivity (Wildman–Crippen MR) is 78.6 cm³/mol. The molecule has 0 heterocycles. The molecule has 6 heteroatoms. The van der Waals surface area contributed by atoms with Crippen LogP contribution in [0.2, 0.25) is 0 Å². The van der Waals surface area contributed by atoms with Gasteiger partial charge in [-0.25, -0.2) is 0 Å². The molecule has 0 atom stereocenters. The van der Waals surface area contributed by atoms with Gasteiger partial charge in [0.25, 0.3) is 11.7 Å². The number of halogens is 2. The fraction of sp³-hybridized carbons (Fsp3) is 0.133. The molecular formula is C15H13F2NO2S. The number of thioether (sulfide) groups is 1. The summed E-state index contributed by atoms with van der Waals surface area (Å²) in [7, 11) is 0. The third kappa shape index (κ3) is 4.03. The first-order valence-electron chi connectivity index (χ1n) is 6.15. The highest BCUT2D eigenvalue weighted by molar-refractivity contribution is 7.99. The second kappa shape index (κ2) is 7.19. The molecule has 2 aromatic carbocycles. The van der Waals surface area contributed by atoms with Crippen LogP contribution < -0.4 is 5.32 Å². The lowest BCUT2D eigenvalue weighted by Gasteiger charge is -2.11. The smallest absolute Gasteiger partial charge is 0.288 e. The van der Waals surface area contributed by atoms with Gasteiger partial charge in [-0.15, -0.1) is 0 Å². The maximum Gasteiger partial charge on any atom is 0.288 e. The molecule has 0 radical (unpaired) electrons. The van der Waals surface area contributed by atoms with Crippen molar-refractivity contribution in [1.29, 1.82) is 0 Å². The number of aliphatic hydroxyl groups is 1. The van der Waals surface area contributed by atoms with Crippen molar-refractivity contribution >= 4 is 23.4 Å². The Morgan fingerprint density at radius 1 is 1.14 bits per heavy atom. The molecule has 21 heavy (non-hydrogen) atoms. The summed E-state index contributed by atoms with van der Waals surface area (Å²) in [6, 6.07) is 13.0. The van der Waals surface area contributed by atoms with Gasteiger partial charge in [0.15, 0.2) is 0 Å². The number of hydrogen-bond acceptors (Lipinski definition) is 3. The molecule has 2 rings (SSSR count). The number of alkyl halides is 2. The maximum absolute atomic E-state index is 12.5. The summed E-state index contributed by atoms with van der Waals surface area (Å²) in [5, 5.41) is 11.9. The summed E-state index contributed by atoms with van der Waals surface area (Å²) in [5.74, 6) is -3.08. The summed E-state index contributed by atoms with van der Waals surface area (Å²) in [4.78, 5) is 12.4. The summed E-state index contributed by atoms with van der Waals surface area (Å²) in [6.07, 6.45) is 0. The zero-order valence-electron chi connectivity index (χ0n) is 10.9. The highest BCUT2D eigenvalue weighted by Crippen LogP contribution is 2.29. The van der Waals surface area contributed by atoms with Crippen LogP contribution in [-0.4, -0.2) is 16.8 Å². The van der Waals surface area contributed by atoms with Crippen molar-refractivity contribution in [2.24, 2.45) is 0 Å². The third-order valence-corrected chi connectivity index (χ3v) is 3.57. The molecule has 0 saturated carbocycles. The monoisotopic (exact) mass is 309 g/mol. The molecule has 0 aliphatic carbocycles. The standard InChI is InChI=1S/C15H13F2NO2S/c16-15(17)21-13-8-4-2-6-11(13)14(20)18-12-7-3-1-5-10(12)9-19/h1-8,15,19H,9H2,(H,18,20). The third-order valence-electron chi connectivity index (χ3n) is 2.78. The molecule has 0 unspecified atom stereocenters. The van der Waals surface area contributed by atoms with E-state index in [0.29, 0.717) is 23.0 Å². The molecule has 0 saturated heterocycles. The first kappa shape index (κ1) is 15.5. The summed E-state index contributed by atoms with van der Waals surface area (Å²) in [5.41, 5.74) is 1.20. The largest absolute Gasteiger partial charge is 0.392 e. The van der Waals surface area contributed by atoms with Gasteiger partial charge < -0.3 is 10.4 Å². The van der Waals surface area contributed by atoms with Gasteiger partial charge in [0.1, 0.15) is 0 Å². The highest BCUT2D eigenvalue weighted by atomic mass is 32.2. The molecule has 2 aromatic rings. The Hall–Kier alpha value is -1.92. The van der Waals surface area contributed by atoms with Gasteiger partial charge >= 0.3 is 0 Å². The number of anilines is 1. The Morgan fingerprint density at radius 2 is 1.81 bits per heavy atom. The quantitative estimate of drug-likeness (QED) is 0.827. The van der Waals surface area contributed by atoms with Gasteiger partial charge in [-0.1, -0.05) is 42.1 Å². The molecule has 1 amide bonds. The SMILES string of the molecule is O=C(Nc1ccccc1CO)c1ccccc1SC(F)F. The zero-order chi connectivity index (χ0) is 15.2. The van der Waals surface area contributed by atoms with Gasteiger partial charge in [-0.3, -0.25) is 4.79 Å². The van der Waals surface area contributed by atoms with Crippen LogP contribution in [0.3, 0.4) is 0 Å². The number of amides is 1. The van der Waals surface area contributed by atoms with E-state index in [4.69, 9.17) is 0 Å². The Labute approximate surface area is 125 Å². The minimum Gasteiger partial charge on any atom is -0.392 e. The van der Waals surface area contributed by atoms with E-state index in [-0.39, 0.29) is 17.1 Å². The van der Waals surface area contributed by atoms with Crippen molar-refractivity contribution in [3.8, 4) is 0 Å². The van der Waals surface area contributed by atoms with Crippen LogP contribution in [0.25, 0.3) is 0 Å². The topological polar surface area (TPSA) is 49.3 Å². The van der Waals surface area contributed by atoms with Crippen LogP contribution in [0, 0.1) is 0 Å². The average molecular weight is 309 g/mol. The summed E-state index contributed by atoms with van der Waals surface area (Å²) in [6.45, 7) is -0.218. The first-order chi connectivity index (χ1) is 10.1. The lowest BCUT2D eigenvalue weighted by Crippen LogP contribution is -2.14. The van der Waals surface area contributed by atoms with E-state index in [1.807, 2.05) is 0 Å². The van der Waals surface area contributed by atoms with Crippen LogP contribution in [0.1, 0.15) is 15.9 Å². The number of para-hydroxylation sites is 1. The fourth-order valence-electron chi connectivity index (χ4n) is 1.82. The Bertz CT molecular complexity index is 635. The van der Waals surface area contributed by atoms with Crippen LogP contribution in [-0.2, 0) is 6.61 Å². The van der Waals surface area contributed by atoms with Crippen LogP contribution >= 0.6 is 11.8 Å². The number of nitrogens with one attached hydrogen (secondary N) is 1. The van der Waals surface area contributed by atoms with E-state index >= 15 is 0 Å². The molecule has 0 fully saturated rings. The molecule has 0 aliphatic heterocycles. The molecule has 2 N–H and O–H groups in total. The van der Waals surface area contributed by atoms with Gasteiger partial charge in [-0.2, -0.15) is 8.78 Å². The van der Waals surface area contributed by atoms with E-state index in [1.54, 1.807) is 36.4 Å². The van der Waals surface area contributed by atoms with Crippen molar-refractivity contribution in [2.45, 2.75) is 17.3 Å². The van der Waals surface area contributed by atoms with Crippen molar-refractivity contribution in [1.82, 2.24) is 0 Å². The van der Waals surface area contributed by atoms with Gasteiger partial charge in [-0.05, 0) is 18.2 Å². The second-order valence-corrected chi connectivity index (χ2v) is 5.18. The normalized spacial score (nSPS) is 10.7. The predicted octanol–water partition coefficient (Wildman–Crippen LogP) is 3.75. The maximum atomic E-state index is 12.5. The Morgan fingerprint density at radius 3 is 2.52 bits per heavy atom. The minimum absolute atomic E-state index is 0.176. The number of carbonyl (C=O) groups excluding carboxylic acids is 1. The Balaban J connectivity index is 2.24. The molecule has 3 nitrogen and oxygen atoms in total. The number of aliphatic hydroxyl groups excluding tert-OH is 1. The van der Waals surface area contributed by atoms with Crippen LogP contribution in [0.4, 0.5) is 14.5 Å². The Kier molecular flexibility index (Phi) is 5.30. The molecular weight excluding hydrogens is 296 g/mol. The number of rotatable bonds is 5. The van der Waals surface area contributed by atoms with Crippen molar-refractivity contribution in [3.05, 3.63) is 59.7 Å².